The number of amides is 1. The average Bonchev–Trinajstić information content (AvgIpc) is 2.45. The van der Waals surface area contributed by atoms with Crippen molar-refractivity contribution >= 4 is 34.2 Å². The first-order valence-corrected chi connectivity index (χ1v) is 8.28. The fourth-order valence-corrected chi connectivity index (χ4v) is 2.69. The van der Waals surface area contributed by atoms with Crippen molar-refractivity contribution < 1.29 is 4.79 Å². The summed E-state index contributed by atoms with van der Waals surface area (Å²) in [5.41, 5.74) is 9.37. The zero-order chi connectivity index (χ0) is 16.3. The Kier molecular flexibility index (Phi) is 5.11. The molecule has 22 heavy (non-hydrogen) atoms. The van der Waals surface area contributed by atoms with Gasteiger partial charge in [0.05, 0.1) is 5.56 Å². The topological polar surface area (TPSA) is 55.1 Å². The molecule has 0 aliphatic heterocycles. The van der Waals surface area contributed by atoms with E-state index in [4.69, 9.17) is 5.73 Å². The molecule has 2 aromatic rings. The minimum Gasteiger partial charge on any atom is -0.380 e. The molecule has 2 rings (SSSR count). The SMILES string of the molecule is CC(C)(C)c1ccc(CNc2ccc(I)cc2C(N)=O)cc1. The van der Waals surface area contributed by atoms with Gasteiger partial charge in [-0.3, -0.25) is 4.79 Å². The van der Waals surface area contributed by atoms with Crippen LogP contribution in [0.5, 0.6) is 0 Å². The Morgan fingerprint density at radius 2 is 1.77 bits per heavy atom. The molecule has 0 spiro atoms. The number of benzene rings is 2. The van der Waals surface area contributed by atoms with E-state index in [0.717, 1.165) is 9.26 Å². The van der Waals surface area contributed by atoms with E-state index in [1.165, 1.54) is 11.1 Å². The minimum absolute atomic E-state index is 0.154. The molecule has 3 N–H and O–H groups in total. The Morgan fingerprint density at radius 3 is 2.32 bits per heavy atom. The van der Waals surface area contributed by atoms with Crippen LogP contribution in [0, 0.1) is 3.57 Å². The number of hydrogen-bond donors (Lipinski definition) is 2. The molecule has 0 bridgehead atoms. The molecule has 0 saturated heterocycles. The van der Waals surface area contributed by atoms with Crippen LogP contribution in [-0.2, 0) is 12.0 Å². The molecule has 1 amide bonds. The van der Waals surface area contributed by atoms with E-state index in [2.05, 4.69) is 72.9 Å². The van der Waals surface area contributed by atoms with Crippen LogP contribution in [0.3, 0.4) is 0 Å². The smallest absolute Gasteiger partial charge is 0.250 e. The molecule has 0 unspecified atom stereocenters. The molecule has 0 aromatic heterocycles. The number of hydrogen-bond acceptors (Lipinski definition) is 2. The van der Waals surface area contributed by atoms with Crippen LogP contribution in [-0.4, -0.2) is 5.91 Å². The lowest BCUT2D eigenvalue weighted by Crippen LogP contribution is -2.15. The van der Waals surface area contributed by atoms with Crippen molar-refractivity contribution in [3.05, 3.63) is 62.7 Å². The highest BCUT2D eigenvalue weighted by Crippen LogP contribution is 2.23. The van der Waals surface area contributed by atoms with Gasteiger partial charge in [-0.2, -0.15) is 0 Å². The number of carbonyl (C=O) groups excluding carboxylic acids is 1. The molecule has 0 heterocycles. The number of carbonyl (C=O) groups is 1. The predicted molar refractivity (Wildman–Crippen MR) is 100 cm³/mol. The maximum Gasteiger partial charge on any atom is 0.250 e. The van der Waals surface area contributed by atoms with Gasteiger partial charge in [-0.15, -0.1) is 0 Å². The summed E-state index contributed by atoms with van der Waals surface area (Å²) in [6.45, 7) is 7.26. The monoisotopic (exact) mass is 408 g/mol. The summed E-state index contributed by atoms with van der Waals surface area (Å²) in [6, 6.07) is 14.2. The lowest BCUT2D eigenvalue weighted by Gasteiger charge is -2.19. The van der Waals surface area contributed by atoms with Crippen molar-refractivity contribution in [1.29, 1.82) is 0 Å². The molecule has 4 heteroatoms. The summed E-state index contributed by atoms with van der Waals surface area (Å²) in [7, 11) is 0. The molecule has 0 atom stereocenters. The van der Waals surface area contributed by atoms with Gasteiger partial charge in [-0.1, -0.05) is 45.0 Å². The molecule has 0 fully saturated rings. The van der Waals surface area contributed by atoms with Crippen LogP contribution in [0.15, 0.2) is 42.5 Å². The highest BCUT2D eigenvalue weighted by molar-refractivity contribution is 14.1. The Balaban J connectivity index is 2.12. The number of nitrogens with one attached hydrogen (secondary N) is 1. The molecule has 0 aliphatic rings. The molecule has 0 radical (unpaired) electrons. The van der Waals surface area contributed by atoms with Gasteiger partial charge in [-0.05, 0) is 57.3 Å². The maximum atomic E-state index is 11.5. The van der Waals surface area contributed by atoms with E-state index >= 15 is 0 Å². The number of nitrogens with two attached hydrogens (primary N) is 1. The van der Waals surface area contributed by atoms with E-state index in [-0.39, 0.29) is 5.41 Å². The zero-order valence-electron chi connectivity index (χ0n) is 13.1. The first-order valence-electron chi connectivity index (χ1n) is 7.20. The number of primary amides is 1. The fraction of sp³-hybridized carbons (Fsp3) is 0.278. The van der Waals surface area contributed by atoms with Crippen molar-refractivity contribution in [3.63, 3.8) is 0 Å². The van der Waals surface area contributed by atoms with Crippen LogP contribution in [0.25, 0.3) is 0 Å². The second kappa shape index (κ2) is 6.69. The van der Waals surface area contributed by atoms with Gasteiger partial charge >= 0.3 is 0 Å². The van der Waals surface area contributed by atoms with Crippen molar-refractivity contribution in [1.82, 2.24) is 0 Å². The van der Waals surface area contributed by atoms with Gasteiger partial charge in [0, 0.05) is 15.8 Å². The Hall–Kier alpha value is -1.56. The summed E-state index contributed by atoms with van der Waals surface area (Å²) >= 11 is 2.17. The predicted octanol–water partition coefficient (Wildman–Crippen LogP) is 4.30. The summed E-state index contributed by atoms with van der Waals surface area (Å²) < 4.78 is 0.992. The minimum atomic E-state index is -0.413. The van der Waals surface area contributed by atoms with Crippen LogP contribution < -0.4 is 11.1 Å². The lowest BCUT2D eigenvalue weighted by atomic mass is 9.87. The Labute approximate surface area is 145 Å². The fourth-order valence-electron chi connectivity index (χ4n) is 2.19. The van der Waals surface area contributed by atoms with Gasteiger partial charge in [0.15, 0.2) is 0 Å². The Morgan fingerprint density at radius 1 is 1.14 bits per heavy atom. The second-order valence-corrected chi connectivity index (χ2v) is 7.60. The van der Waals surface area contributed by atoms with E-state index in [9.17, 15) is 4.79 Å². The van der Waals surface area contributed by atoms with Gasteiger partial charge in [-0.25, -0.2) is 0 Å². The number of anilines is 1. The molecule has 3 nitrogen and oxygen atoms in total. The van der Waals surface area contributed by atoms with Crippen molar-refractivity contribution in [2.45, 2.75) is 32.7 Å². The third-order valence-electron chi connectivity index (χ3n) is 3.55. The van der Waals surface area contributed by atoms with Crippen molar-refractivity contribution in [2.75, 3.05) is 5.32 Å². The molecular weight excluding hydrogens is 387 g/mol. The standard InChI is InChI=1S/C18H21IN2O/c1-18(2,3)13-6-4-12(5-7-13)11-21-16-9-8-14(19)10-15(16)17(20)22/h4-10,21H,11H2,1-3H3,(H2,20,22). The molecular formula is C18H21IN2O. The summed E-state index contributed by atoms with van der Waals surface area (Å²) in [6.07, 6.45) is 0. The lowest BCUT2D eigenvalue weighted by molar-refractivity contribution is 0.100. The van der Waals surface area contributed by atoms with E-state index in [1.54, 1.807) is 6.07 Å². The van der Waals surface area contributed by atoms with Gasteiger partial charge in [0.2, 0.25) is 0 Å². The molecule has 0 aliphatic carbocycles. The molecule has 116 valence electrons. The number of rotatable bonds is 4. The van der Waals surface area contributed by atoms with Crippen LogP contribution in [0.1, 0.15) is 42.3 Å². The molecule has 0 saturated carbocycles. The van der Waals surface area contributed by atoms with E-state index in [1.807, 2.05) is 12.1 Å². The second-order valence-electron chi connectivity index (χ2n) is 6.35. The third kappa shape index (κ3) is 4.22. The summed E-state index contributed by atoms with van der Waals surface area (Å²) in [5.74, 6) is -0.413. The van der Waals surface area contributed by atoms with Crippen molar-refractivity contribution in [3.8, 4) is 0 Å². The maximum absolute atomic E-state index is 11.5. The average molecular weight is 408 g/mol. The first kappa shape index (κ1) is 16.8. The summed E-state index contributed by atoms with van der Waals surface area (Å²) in [4.78, 5) is 11.5. The highest BCUT2D eigenvalue weighted by Gasteiger charge is 2.13. The van der Waals surface area contributed by atoms with Crippen LogP contribution in [0.4, 0.5) is 5.69 Å². The van der Waals surface area contributed by atoms with Gasteiger partial charge in [0.1, 0.15) is 0 Å². The first-order chi connectivity index (χ1) is 10.3. The largest absolute Gasteiger partial charge is 0.380 e. The number of halogens is 1. The van der Waals surface area contributed by atoms with E-state index < -0.39 is 5.91 Å². The van der Waals surface area contributed by atoms with Gasteiger partial charge < -0.3 is 11.1 Å². The van der Waals surface area contributed by atoms with Crippen molar-refractivity contribution in [2.24, 2.45) is 5.73 Å². The highest BCUT2D eigenvalue weighted by atomic mass is 127. The zero-order valence-corrected chi connectivity index (χ0v) is 15.3. The quantitative estimate of drug-likeness (QED) is 0.742. The van der Waals surface area contributed by atoms with Gasteiger partial charge in [0.25, 0.3) is 5.91 Å². The van der Waals surface area contributed by atoms with Crippen LogP contribution >= 0.6 is 22.6 Å². The normalized spacial score (nSPS) is 11.3. The summed E-state index contributed by atoms with van der Waals surface area (Å²) in [5, 5.41) is 3.29. The Bertz CT molecular complexity index is 672. The van der Waals surface area contributed by atoms with Crippen LogP contribution in [0.2, 0.25) is 0 Å². The molecule has 2 aromatic carbocycles. The van der Waals surface area contributed by atoms with E-state index in [0.29, 0.717) is 12.1 Å². The third-order valence-corrected chi connectivity index (χ3v) is 4.22.